The van der Waals surface area contributed by atoms with E-state index in [2.05, 4.69) is 5.32 Å². The molecule has 1 amide bonds. The van der Waals surface area contributed by atoms with Gasteiger partial charge in [-0.3, -0.25) is 4.79 Å². The molecule has 1 aromatic rings. The first-order chi connectivity index (χ1) is 11.7. The second-order valence-electron chi connectivity index (χ2n) is 6.35. The van der Waals surface area contributed by atoms with Crippen LogP contribution in [0.2, 0.25) is 0 Å². The van der Waals surface area contributed by atoms with E-state index >= 15 is 0 Å². The molecule has 0 saturated carbocycles. The number of benzene rings is 1. The zero-order valence-corrected chi connectivity index (χ0v) is 16.0. The summed E-state index contributed by atoms with van der Waals surface area (Å²) < 4.78 is 16.1. The Balaban J connectivity index is 3.01. The Morgan fingerprint density at radius 1 is 1.24 bits per heavy atom. The van der Waals surface area contributed by atoms with Gasteiger partial charge in [-0.05, 0) is 51.8 Å². The maximum Gasteiger partial charge on any atom is 0.341 e. The Kier molecular flexibility index (Phi) is 7.90. The smallest absolute Gasteiger partial charge is 0.341 e. The van der Waals surface area contributed by atoms with Gasteiger partial charge in [-0.25, -0.2) is 4.79 Å². The van der Waals surface area contributed by atoms with E-state index in [4.69, 9.17) is 14.2 Å². The average Bonchev–Trinajstić information content (AvgIpc) is 2.60. The second kappa shape index (κ2) is 9.42. The van der Waals surface area contributed by atoms with E-state index in [9.17, 15) is 9.59 Å². The summed E-state index contributed by atoms with van der Waals surface area (Å²) in [4.78, 5) is 24.5. The maximum atomic E-state index is 12.4. The number of esters is 1. The number of nitrogens with one attached hydrogen (secondary N) is 1. The van der Waals surface area contributed by atoms with Crippen LogP contribution in [0.15, 0.2) is 18.2 Å². The Bertz CT molecular complexity index is 597. The molecular formula is C19H29NO5. The van der Waals surface area contributed by atoms with Gasteiger partial charge in [0.05, 0.1) is 13.2 Å². The SMILES string of the molecule is CCCOC(C)(C)C(=O)Nc1ccc(O[C@@H](C)CC)c(C(=O)OC)c1. The van der Waals surface area contributed by atoms with Crippen molar-refractivity contribution in [2.24, 2.45) is 0 Å². The van der Waals surface area contributed by atoms with E-state index in [0.29, 0.717) is 18.0 Å². The third-order valence-electron chi connectivity index (χ3n) is 3.76. The first-order valence-corrected chi connectivity index (χ1v) is 8.59. The zero-order chi connectivity index (χ0) is 19.0. The number of hydrogen-bond acceptors (Lipinski definition) is 5. The van der Waals surface area contributed by atoms with Crippen molar-refractivity contribution in [1.82, 2.24) is 0 Å². The molecule has 0 aliphatic heterocycles. The van der Waals surface area contributed by atoms with Gasteiger partial charge in [-0.15, -0.1) is 0 Å². The standard InChI is InChI=1S/C19H29NO5/c1-7-11-24-19(4,5)18(22)20-14-9-10-16(25-13(3)8-2)15(12-14)17(21)23-6/h9-10,12-13H,7-8,11H2,1-6H3,(H,20,22)/t13-/m0/s1. The third-order valence-corrected chi connectivity index (χ3v) is 3.76. The molecule has 0 aromatic heterocycles. The van der Waals surface area contributed by atoms with Crippen molar-refractivity contribution in [1.29, 1.82) is 0 Å². The summed E-state index contributed by atoms with van der Waals surface area (Å²) >= 11 is 0. The molecule has 0 heterocycles. The number of ether oxygens (including phenoxy) is 3. The molecule has 0 unspecified atom stereocenters. The van der Waals surface area contributed by atoms with Crippen molar-refractivity contribution in [2.75, 3.05) is 19.0 Å². The molecule has 0 fully saturated rings. The third kappa shape index (κ3) is 6.05. The number of carbonyl (C=O) groups is 2. The highest BCUT2D eigenvalue weighted by molar-refractivity contribution is 5.99. The van der Waals surface area contributed by atoms with Crippen LogP contribution in [0.1, 0.15) is 57.8 Å². The van der Waals surface area contributed by atoms with Crippen LogP contribution < -0.4 is 10.1 Å². The predicted octanol–water partition coefficient (Wildman–Crippen LogP) is 3.79. The van der Waals surface area contributed by atoms with Crippen LogP contribution in [0.25, 0.3) is 0 Å². The zero-order valence-electron chi connectivity index (χ0n) is 16.0. The molecule has 0 spiro atoms. The Morgan fingerprint density at radius 3 is 2.48 bits per heavy atom. The monoisotopic (exact) mass is 351 g/mol. The number of anilines is 1. The summed E-state index contributed by atoms with van der Waals surface area (Å²) in [7, 11) is 1.31. The van der Waals surface area contributed by atoms with Crippen molar-refractivity contribution in [2.45, 2.75) is 59.2 Å². The topological polar surface area (TPSA) is 73.9 Å². The van der Waals surface area contributed by atoms with Gasteiger partial charge in [0.2, 0.25) is 0 Å². The van der Waals surface area contributed by atoms with Gasteiger partial charge in [0.1, 0.15) is 16.9 Å². The molecule has 0 aliphatic carbocycles. The summed E-state index contributed by atoms with van der Waals surface area (Å²) in [6.07, 6.45) is 1.60. The second-order valence-corrected chi connectivity index (χ2v) is 6.35. The molecule has 1 rings (SSSR count). The molecular weight excluding hydrogens is 322 g/mol. The van der Waals surface area contributed by atoms with Gasteiger partial charge >= 0.3 is 5.97 Å². The van der Waals surface area contributed by atoms with Gasteiger partial charge < -0.3 is 19.5 Å². The normalized spacial score (nSPS) is 12.4. The number of amides is 1. The first kappa shape index (κ1) is 21.0. The predicted molar refractivity (Wildman–Crippen MR) is 97.1 cm³/mol. The van der Waals surface area contributed by atoms with E-state index in [-0.39, 0.29) is 17.6 Å². The number of hydrogen-bond donors (Lipinski definition) is 1. The molecule has 1 N–H and O–H groups in total. The number of rotatable bonds is 9. The Hall–Kier alpha value is -2.08. The van der Waals surface area contributed by atoms with Gasteiger partial charge in [0.15, 0.2) is 0 Å². The molecule has 0 radical (unpaired) electrons. The fourth-order valence-corrected chi connectivity index (χ4v) is 1.98. The maximum absolute atomic E-state index is 12.4. The van der Waals surface area contributed by atoms with Crippen LogP contribution in [0.4, 0.5) is 5.69 Å². The molecule has 0 aliphatic rings. The fraction of sp³-hybridized carbons (Fsp3) is 0.579. The van der Waals surface area contributed by atoms with E-state index in [0.717, 1.165) is 12.8 Å². The lowest BCUT2D eigenvalue weighted by Gasteiger charge is -2.24. The van der Waals surface area contributed by atoms with Gasteiger partial charge in [0, 0.05) is 12.3 Å². The lowest BCUT2D eigenvalue weighted by atomic mass is 10.1. The molecule has 25 heavy (non-hydrogen) atoms. The lowest BCUT2D eigenvalue weighted by Crippen LogP contribution is -2.40. The minimum absolute atomic E-state index is 0.0368. The molecule has 1 aromatic carbocycles. The van der Waals surface area contributed by atoms with E-state index < -0.39 is 11.6 Å². The molecule has 6 heteroatoms. The van der Waals surface area contributed by atoms with Gasteiger partial charge in [0.25, 0.3) is 5.91 Å². The van der Waals surface area contributed by atoms with Crippen molar-refractivity contribution in [3.63, 3.8) is 0 Å². The summed E-state index contributed by atoms with van der Waals surface area (Å²) in [5.74, 6) is -0.371. The minimum atomic E-state index is -0.965. The van der Waals surface area contributed by atoms with Crippen LogP contribution in [0.5, 0.6) is 5.75 Å². The fourth-order valence-electron chi connectivity index (χ4n) is 1.98. The highest BCUT2D eigenvalue weighted by Crippen LogP contribution is 2.26. The van der Waals surface area contributed by atoms with Crippen molar-refractivity contribution in [3.05, 3.63) is 23.8 Å². The molecule has 6 nitrogen and oxygen atoms in total. The molecule has 1 atom stereocenters. The van der Waals surface area contributed by atoms with Crippen molar-refractivity contribution < 1.29 is 23.8 Å². The van der Waals surface area contributed by atoms with Crippen LogP contribution in [-0.2, 0) is 14.3 Å². The average molecular weight is 351 g/mol. The highest BCUT2D eigenvalue weighted by Gasteiger charge is 2.28. The van der Waals surface area contributed by atoms with Crippen molar-refractivity contribution >= 4 is 17.6 Å². The summed E-state index contributed by atoms with van der Waals surface area (Å²) in [6.45, 7) is 9.81. The summed E-state index contributed by atoms with van der Waals surface area (Å²) in [5, 5.41) is 2.78. The number of carbonyl (C=O) groups excluding carboxylic acids is 2. The van der Waals surface area contributed by atoms with Crippen molar-refractivity contribution in [3.8, 4) is 5.75 Å². The van der Waals surface area contributed by atoms with E-state index in [1.807, 2.05) is 20.8 Å². The number of methoxy groups -OCH3 is 1. The molecule has 140 valence electrons. The quantitative estimate of drug-likeness (QED) is 0.685. The molecule has 0 bridgehead atoms. The van der Waals surface area contributed by atoms with Crippen LogP contribution in [0, 0.1) is 0 Å². The van der Waals surface area contributed by atoms with Crippen LogP contribution in [0.3, 0.4) is 0 Å². The van der Waals surface area contributed by atoms with Gasteiger partial charge in [-0.1, -0.05) is 13.8 Å². The Labute approximate surface area is 149 Å². The minimum Gasteiger partial charge on any atom is -0.490 e. The summed E-state index contributed by atoms with van der Waals surface area (Å²) in [6, 6.07) is 4.91. The van der Waals surface area contributed by atoms with E-state index in [1.165, 1.54) is 7.11 Å². The lowest BCUT2D eigenvalue weighted by molar-refractivity contribution is -0.137. The molecule has 0 saturated heterocycles. The summed E-state index contributed by atoms with van der Waals surface area (Å²) in [5.41, 5.74) is -0.212. The van der Waals surface area contributed by atoms with Gasteiger partial charge in [-0.2, -0.15) is 0 Å². The first-order valence-electron chi connectivity index (χ1n) is 8.59. The largest absolute Gasteiger partial charge is 0.490 e. The van der Waals surface area contributed by atoms with Crippen LogP contribution >= 0.6 is 0 Å². The Morgan fingerprint density at radius 2 is 1.92 bits per heavy atom. The van der Waals surface area contributed by atoms with Crippen LogP contribution in [-0.4, -0.2) is 37.3 Å². The van der Waals surface area contributed by atoms with E-state index in [1.54, 1.807) is 32.0 Å². The highest BCUT2D eigenvalue weighted by atomic mass is 16.5.